The molecule has 0 atom stereocenters. The molecule has 2 aromatic carbocycles. The van der Waals surface area contributed by atoms with Crippen LogP contribution in [-0.4, -0.2) is 9.97 Å². The molecule has 4 nitrogen and oxygen atoms in total. The summed E-state index contributed by atoms with van der Waals surface area (Å²) >= 11 is 1.08. The van der Waals surface area contributed by atoms with Crippen molar-refractivity contribution in [3.63, 3.8) is 0 Å². The molecule has 3 aromatic rings. The molecule has 0 amide bonds. The van der Waals surface area contributed by atoms with E-state index in [1.165, 1.54) is 12.1 Å². The van der Waals surface area contributed by atoms with Crippen molar-refractivity contribution in [2.75, 3.05) is 0 Å². The van der Waals surface area contributed by atoms with Gasteiger partial charge < -0.3 is 4.98 Å². The van der Waals surface area contributed by atoms with E-state index in [2.05, 4.69) is 9.97 Å². The van der Waals surface area contributed by atoms with E-state index in [0.717, 1.165) is 23.4 Å². The van der Waals surface area contributed by atoms with Gasteiger partial charge in [0.25, 0.3) is 5.56 Å². The summed E-state index contributed by atoms with van der Waals surface area (Å²) in [4.78, 5) is 19.1. The van der Waals surface area contributed by atoms with Crippen LogP contribution in [-0.2, 0) is 18.6 Å². The van der Waals surface area contributed by atoms with E-state index in [1.54, 1.807) is 0 Å². The molecule has 0 bridgehead atoms. The minimum absolute atomic E-state index is 0.0211. The third-order valence-electron chi connectivity index (χ3n) is 3.97. The van der Waals surface area contributed by atoms with E-state index in [4.69, 9.17) is 0 Å². The lowest BCUT2D eigenvalue weighted by atomic mass is 10.1. The van der Waals surface area contributed by atoms with Crippen molar-refractivity contribution in [1.29, 1.82) is 5.26 Å². The minimum Gasteiger partial charge on any atom is -0.300 e. The van der Waals surface area contributed by atoms with Gasteiger partial charge in [0.05, 0.1) is 5.69 Å². The predicted molar refractivity (Wildman–Crippen MR) is 99.3 cm³/mol. The van der Waals surface area contributed by atoms with Crippen LogP contribution in [0.15, 0.2) is 58.5 Å². The van der Waals surface area contributed by atoms with E-state index in [0.29, 0.717) is 18.5 Å². The van der Waals surface area contributed by atoms with Crippen LogP contribution in [0.1, 0.15) is 22.4 Å². The van der Waals surface area contributed by atoms with Gasteiger partial charge in [0.2, 0.25) is 0 Å². The van der Waals surface area contributed by atoms with E-state index >= 15 is 0 Å². The van der Waals surface area contributed by atoms with Crippen LogP contribution in [0, 0.1) is 23.0 Å². The van der Waals surface area contributed by atoms with Crippen molar-refractivity contribution < 1.29 is 8.78 Å². The first kappa shape index (κ1) is 18.8. The summed E-state index contributed by atoms with van der Waals surface area (Å²) in [6.07, 6.45) is 1.06. The van der Waals surface area contributed by atoms with Crippen LogP contribution in [0.4, 0.5) is 8.78 Å². The number of aromatic nitrogens is 2. The number of hydrogen-bond acceptors (Lipinski definition) is 4. The maximum Gasteiger partial charge on any atom is 0.269 e. The summed E-state index contributed by atoms with van der Waals surface area (Å²) in [5.74, 6) is -1.72. The molecule has 0 aliphatic rings. The zero-order chi connectivity index (χ0) is 19.2. The average molecular weight is 383 g/mol. The predicted octanol–water partition coefficient (Wildman–Crippen LogP) is 4.00. The molecule has 1 heterocycles. The van der Waals surface area contributed by atoms with Crippen molar-refractivity contribution in [1.82, 2.24) is 9.97 Å². The second-order valence-corrected chi connectivity index (χ2v) is 6.76. The van der Waals surface area contributed by atoms with Crippen LogP contribution in [0.3, 0.4) is 0 Å². The fraction of sp³-hybridized carbons (Fsp3) is 0.150. The van der Waals surface area contributed by atoms with Crippen LogP contribution in [0.5, 0.6) is 0 Å². The lowest BCUT2D eigenvalue weighted by molar-refractivity contribution is 0.502. The monoisotopic (exact) mass is 383 g/mol. The van der Waals surface area contributed by atoms with Crippen LogP contribution in [0.25, 0.3) is 0 Å². The Morgan fingerprint density at radius 1 is 1.07 bits per heavy atom. The van der Waals surface area contributed by atoms with E-state index in [-0.39, 0.29) is 22.0 Å². The van der Waals surface area contributed by atoms with Crippen molar-refractivity contribution in [2.45, 2.75) is 23.8 Å². The standard InChI is InChI=1S/C20H15F2N3OS/c21-16-8-4-7-14(18(16)22)12-27-20-24-17(15(11-23)19(26)25-20)10-9-13-5-2-1-3-6-13/h1-8H,9-10,12H2,(H,24,25,26). The van der Waals surface area contributed by atoms with Crippen molar-refractivity contribution >= 4 is 11.8 Å². The summed E-state index contributed by atoms with van der Waals surface area (Å²) in [5, 5.41) is 9.52. The third-order valence-corrected chi connectivity index (χ3v) is 4.90. The van der Waals surface area contributed by atoms with Gasteiger partial charge >= 0.3 is 0 Å². The van der Waals surface area contributed by atoms with Gasteiger partial charge in [0.15, 0.2) is 16.8 Å². The number of hydrogen-bond donors (Lipinski definition) is 1. The zero-order valence-corrected chi connectivity index (χ0v) is 15.0. The maximum atomic E-state index is 13.8. The minimum atomic E-state index is -0.919. The highest BCUT2D eigenvalue weighted by Gasteiger charge is 2.13. The number of aryl methyl sites for hydroxylation is 2. The molecule has 1 N–H and O–H groups in total. The number of halogens is 2. The summed E-state index contributed by atoms with van der Waals surface area (Å²) in [6.45, 7) is 0. The van der Waals surface area contributed by atoms with E-state index < -0.39 is 17.2 Å². The molecule has 0 saturated carbocycles. The number of aromatic amines is 1. The molecule has 0 aliphatic heterocycles. The molecular weight excluding hydrogens is 368 g/mol. The molecule has 3 rings (SSSR count). The number of nitriles is 1. The van der Waals surface area contributed by atoms with Gasteiger partial charge in [0.1, 0.15) is 11.6 Å². The Morgan fingerprint density at radius 2 is 1.85 bits per heavy atom. The highest BCUT2D eigenvalue weighted by atomic mass is 32.2. The second-order valence-electron chi connectivity index (χ2n) is 5.79. The van der Waals surface area contributed by atoms with Crippen molar-refractivity contribution in [3.05, 3.63) is 92.9 Å². The smallest absolute Gasteiger partial charge is 0.269 e. The maximum absolute atomic E-state index is 13.8. The molecule has 0 unspecified atom stereocenters. The van der Waals surface area contributed by atoms with Crippen molar-refractivity contribution in [3.8, 4) is 6.07 Å². The Hall–Kier alpha value is -2.98. The number of thioether (sulfide) groups is 1. The van der Waals surface area contributed by atoms with Gasteiger partial charge in [-0.3, -0.25) is 4.79 Å². The van der Waals surface area contributed by atoms with Gasteiger partial charge in [0, 0.05) is 11.3 Å². The highest BCUT2D eigenvalue weighted by molar-refractivity contribution is 7.98. The lowest BCUT2D eigenvalue weighted by Gasteiger charge is -2.07. The number of nitrogens with one attached hydrogen (secondary N) is 1. The Bertz CT molecular complexity index is 1050. The molecule has 0 fully saturated rings. The van der Waals surface area contributed by atoms with Gasteiger partial charge in [-0.2, -0.15) is 5.26 Å². The van der Waals surface area contributed by atoms with Gasteiger partial charge in [-0.25, -0.2) is 13.8 Å². The Balaban J connectivity index is 1.80. The topological polar surface area (TPSA) is 69.5 Å². The highest BCUT2D eigenvalue weighted by Crippen LogP contribution is 2.22. The first-order valence-corrected chi connectivity index (χ1v) is 9.20. The Kier molecular flexibility index (Phi) is 5.99. The molecule has 0 radical (unpaired) electrons. The van der Waals surface area contributed by atoms with Crippen LogP contribution >= 0.6 is 11.8 Å². The molecule has 27 heavy (non-hydrogen) atoms. The van der Waals surface area contributed by atoms with E-state index in [1.807, 2.05) is 36.4 Å². The Labute approximate surface area is 158 Å². The first-order chi connectivity index (χ1) is 13.1. The van der Waals surface area contributed by atoms with Crippen molar-refractivity contribution in [2.24, 2.45) is 0 Å². The SMILES string of the molecule is N#Cc1c(CCc2ccccc2)nc(SCc2cccc(F)c2F)[nH]c1=O. The van der Waals surface area contributed by atoms with Gasteiger partial charge in [-0.15, -0.1) is 0 Å². The fourth-order valence-corrected chi connectivity index (χ4v) is 3.43. The summed E-state index contributed by atoms with van der Waals surface area (Å²) < 4.78 is 27.1. The van der Waals surface area contributed by atoms with Gasteiger partial charge in [-0.05, 0) is 24.5 Å². The van der Waals surface area contributed by atoms with E-state index in [9.17, 15) is 18.8 Å². The lowest BCUT2D eigenvalue weighted by Crippen LogP contribution is -2.17. The average Bonchev–Trinajstić information content (AvgIpc) is 2.68. The molecule has 0 saturated heterocycles. The quantitative estimate of drug-likeness (QED) is 0.516. The summed E-state index contributed by atoms with van der Waals surface area (Å²) in [6, 6.07) is 15.5. The number of rotatable bonds is 6. The molecule has 0 spiro atoms. The largest absolute Gasteiger partial charge is 0.300 e. The fourth-order valence-electron chi connectivity index (χ4n) is 2.58. The zero-order valence-electron chi connectivity index (χ0n) is 14.2. The number of H-pyrrole nitrogens is 1. The normalized spacial score (nSPS) is 10.6. The summed E-state index contributed by atoms with van der Waals surface area (Å²) in [5.41, 5.74) is 1.09. The second kappa shape index (κ2) is 8.60. The molecule has 136 valence electrons. The molecular formula is C20H15F2N3OS. The van der Waals surface area contributed by atoms with Gasteiger partial charge in [-0.1, -0.05) is 54.2 Å². The molecule has 7 heteroatoms. The first-order valence-electron chi connectivity index (χ1n) is 8.21. The number of benzene rings is 2. The third kappa shape index (κ3) is 4.60. The van der Waals surface area contributed by atoms with Crippen LogP contribution in [0.2, 0.25) is 0 Å². The summed E-state index contributed by atoms with van der Waals surface area (Å²) in [7, 11) is 0. The molecule has 1 aromatic heterocycles. The number of nitrogens with zero attached hydrogens (tertiary/aromatic N) is 2. The Morgan fingerprint density at radius 3 is 2.59 bits per heavy atom. The van der Waals surface area contributed by atoms with Crippen LogP contribution < -0.4 is 5.56 Å². The molecule has 0 aliphatic carbocycles.